The summed E-state index contributed by atoms with van der Waals surface area (Å²) in [6, 6.07) is 16.1. The van der Waals surface area contributed by atoms with Crippen LogP contribution < -0.4 is 5.32 Å². The lowest BCUT2D eigenvalue weighted by molar-refractivity contribution is -0.343. The predicted octanol–water partition coefficient (Wildman–Crippen LogP) is 0.853. The van der Waals surface area contributed by atoms with Gasteiger partial charge >= 0.3 is 11.9 Å². The molecule has 1 aliphatic heterocycles. The zero-order valence-corrected chi connectivity index (χ0v) is 28.2. The van der Waals surface area contributed by atoms with E-state index in [1.807, 2.05) is 0 Å². The SMILES string of the molecule is CC1=C2C(O)C(=O)[C@]3(C)C(O)CC4OCC4(O)C3C(OC(=O)c3ccccc3)C(O)(CC1OC(=O)C(O)CNC(=O)c1ccccc1)C2(C)C. The van der Waals surface area contributed by atoms with Gasteiger partial charge in [0.2, 0.25) is 0 Å². The molecule has 2 aromatic carbocycles. The number of carbonyl (C=O) groups is 4. The Morgan fingerprint density at radius 1 is 0.960 bits per heavy atom. The Bertz CT molecular complexity index is 1710. The zero-order valence-electron chi connectivity index (χ0n) is 28.2. The van der Waals surface area contributed by atoms with Gasteiger partial charge in [0.15, 0.2) is 11.9 Å². The lowest BCUT2D eigenvalue weighted by Crippen LogP contribution is -2.81. The summed E-state index contributed by atoms with van der Waals surface area (Å²) in [6.07, 6.45) is -9.92. The molecule has 1 saturated heterocycles. The van der Waals surface area contributed by atoms with Crippen LogP contribution >= 0.6 is 0 Å². The molecule has 1 amide bonds. The van der Waals surface area contributed by atoms with Gasteiger partial charge in [0.05, 0.1) is 36.3 Å². The van der Waals surface area contributed by atoms with Crippen LogP contribution in [0.3, 0.4) is 0 Å². The highest BCUT2D eigenvalue weighted by molar-refractivity contribution is 5.95. The summed E-state index contributed by atoms with van der Waals surface area (Å²) >= 11 is 0. The monoisotopic (exact) mass is 693 g/mol. The number of fused-ring (bicyclic) bond motifs is 5. The number of nitrogens with one attached hydrogen (secondary N) is 1. The van der Waals surface area contributed by atoms with Crippen LogP contribution in [0.15, 0.2) is 71.8 Å². The molecule has 4 aliphatic rings. The minimum absolute atomic E-state index is 0.0208. The first kappa shape index (κ1) is 35.8. The molecule has 3 fully saturated rings. The molecule has 13 nitrogen and oxygen atoms in total. The largest absolute Gasteiger partial charge is 0.456 e. The number of rotatable bonds is 7. The third-order valence-electron chi connectivity index (χ3n) is 11.6. The average molecular weight is 694 g/mol. The fourth-order valence-electron chi connectivity index (χ4n) is 8.56. The minimum Gasteiger partial charge on any atom is -0.456 e. The number of Topliss-reactive ketones (excluding diaryl/α,β-unsaturated/α-hetero) is 1. The third-order valence-corrected chi connectivity index (χ3v) is 11.6. The Kier molecular flexibility index (Phi) is 9.07. The number of esters is 2. The van der Waals surface area contributed by atoms with Crippen molar-refractivity contribution in [1.29, 1.82) is 0 Å². The molecule has 268 valence electrons. The lowest BCUT2D eigenvalue weighted by Gasteiger charge is -2.66. The molecule has 0 radical (unpaired) electrons. The van der Waals surface area contributed by atoms with Gasteiger partial charge in [0.1, 0.15) is 29.5 Å². The fraction of sp³-hybridized carbons (Fsp3) is 0.514. The number of hydrogen-bond donors (Lipinski definition) is 6. The molecule has 2 bridgehead atoms. The summed E-state index contributed by atoms with van der Waals surface area (Å²) in [5, 5.41) is 61.7. The maximum Gasteiger partial charge on any atom is 0.338 e. The van der Waals surface area contributed by atoms with Crippen LogP contribution in [0.2, 0.25) is 0 Å². The molecule has 6 rings (SSSR count). The standard InChI is InChI=1S/C37H43NO12/c1-19-23(49-33(45)22(39)17-38-31(43)20-11-7-5-8-12-20)16-37(47)30(50-32(44)21-13-9-6-10-14-21)28-35(4,24(40)15-25-36(28,46)18-48-25)29(42)27(41)26(19)34(37,2)3/h5-14,22-25,27-28,30,39-41,46-47H,15-18H2,1-4H3,(H,38,43)/t22?,23?,24?,25?,27?,28?,30?,35-,36?,37?/m1/s1. The number of aliphatic hydroxyl groups excluding tert-OH is 3. The quantitative estimate of drug-likeness (QED) is 0.176. The van der Waals surface area contributed by atoms with Crippen LogP contribution in [-0.4, -0.2) is 110 Å². The minimum atomic E-state index is -2.26. The summed E-state index contributed by atoms with van der Waals surface area (Å²) in [5.74, 6) is -4.96. The molecule has 0 spiro atoms. The van der Waals surface area contributed by atoms with Gasteiger partial charge in [-0.1, -0.05) is 50.2 Å². The second kappa shape index (κ2) is 12.7. The van der Waals surface area contributed by atoms with Gasteiger partial charge in [0, 0.05) is 29.7 Å². The van der Waals surface area contributed by atoms with Crippen LogP contribution in [0.4, 0.5) is 0 Å². The van der Waals surface area contributed by atoms with Crippen molar-refractivity contribution in [1.82, 2.24) is 5.32 Å². The number of ketones is 1. The van der Waals surface area contributed by atoms with Crippen molar-refractivity contribution < 1.29 is 58.9 Å². The first-order valence-corrected chi connectivity index (χ1v) is 16.6. The van der Waals surface area contributed by atoms with Crippen molar-refractivity contribution in [3.63, 3.8) is 0 Å². The smallest absolute Gasteiger partial charge is 0.338 e. The molecule has 0 aromatic heterocycles. The third kappa shape index (κ3) is 5.38. The van der Waals surface area contributed by atoms with Gasteiger partial charge in [-0.05, 0) is 49.3 Å². The van der Waals surface area contributed by atoms with Crippen molar-refractivity contribution in [2.75, 3.05) is 13.2 Å². The van der Waals surface area contributed by atoms with Crippen molar-refractivity contribution in [2.24, 2.45) is 16.7 Å². The van der Waals surface area contributed by atoms with Crippen molar-refractivity contribution in [3.05, 3.63) is 82.9 Å². The van der Waals surface area contributed by atoms with E-state index in [0.717, 1.165) is 0 Å². The van der Waals surface area contributed by atoms with E-state index in [9.17, 15) is 44.7 Å². The number of hydrogen-bond acceptors (Lipinski definition) is 12. The van der Waals surface area contributed by atoms with Crippen molar-refractivity contribution in [3.8, 4) is 0 Å². The molecule has 6 N–H and O–H groups in total. The molecule has 50 heavy (non-hydrogen) atoms. The van der Waals surface area contributed by atoms with Gasteiger partial charge < -0.3 is 45.1 Å². The van der Waals surface area contributed by atoms with Gasteiger partial charge in [-0.15, -0.1) is 0 Å². The summed E-state index contributed by atoms with van der Waals surface area (Å²) < 4.78 is 17.5. The van der Waals surface area contributed by atoms with E-state index in [4.69, 9.17) is 14.2 Å². The van der Waals surface area contributed by atoms with Gasteiger partial charge in [-0.3, -0.25) is 9.59 Å². The van der Waals surface area contributed by atoms with Gasteiger partial charge in [-0.2, -0.15) is 0 Å². The first-order valence-electron chi connectivity index (χ1n) is 16.6. The maximum atomic E-state index is 14.5. The van der Waals surface area contributed by atoms with E-state index in [1.54, 1.807) is 62.4 Å². The summed E-state index contributed by atoms with van der Waals surface area (Å²) in [7, 11) is 0. The Labute approximate surface area is 288 Å². The number of aliphatic hydroxyl groups is 5. The predicted molar refractivity (Wildman–Crippen MR) is 174 cm³/mol. The van der Waals surface area contributed by atoms with E-state index in [-0.39, 0.29) is 29.7 Å². The molecule has 13 heteroatoms. The second-order valence-corrected chi connectivity index (χ2v) is 14.6. The van der Waals surface area contributed by atoms with Crippen LogP contribution in [0.1, 0.15) is 61.3 Å². The Morgan fingerprint density at radius 3 is 2.14 bits per heavy atom. The molecule has 9 unspecified atom stereocenters. The van der Waals surface area contributed by atoms with E-state index in [2.05, 4.69) is 5.32 Å². The average Bonchev–Trinajstić information content (AvgIpc) is 3.09. The van der Waals surface area contributed by atoms with E-state index < -0.39 is 101 Å². The van der Waals surface area contributed by atoms with Crippen LogP contribution in [0, 0.1) is 16.7 Å². The number of ether oxygens (including phenoxy) is 3. The van der Waals surface area contributed by atoms with Gasteiger partial charge in [0.25, 0.3) is 5.91 Å². The zero-order chi connectivity index (χ0) is 36.4. The molecular weight excluding hydrogens is 650 g/mol. The van der Waals surface area contributed by atoms with E-state index in [1.165, 1.54) is 26.0 Å². The Balaban J connectivity index is 1.41. The highest BCUT2D eigenvalue weighted by Gasteiger charge is 2.76. The number of amides is 1. The molecule has 2 saturated carbocycles. The highest BCUT2D eigenvalue weighted by Crippen LogP contribution is 2.63. The topological polar surface area (TPSA) is 209 Å². The van der Waals surface area contributed by atoms with Crippen molar-refractivity contribution >= 4 is 23.6 Å². The molecule has 2 aromatic rings. The Hall–Kier alpha value is -3.98. The van der Waals surface area contributed by atoms with E-state index >= 15 is 0 Å². The summed E-state index contributed by atoms with van der Waals surface area (Å²) in [5.41, 5.74) is -7.03. The highest BCUT2D eigenvalue weighted by atomic mass is 16.6. The fourth-order valence-corrected chi connectivity index (χ4v) is 8.56. The summed E-state index contributed by atoms with van der Waals surface area (Å²) in [6.45, 7) is 5.20. The van der Waals surface area contributed by atoms with Crippen LogP contribution in [0.5, 0.6) is 0 Å². The van der Waals surface area contributed by atoms with Crippen LogP contribution in [0.25, 0.3) is 0 Å². The molecule has 10 atom stereocenters. The normalized spacial score (nSPS) is 36.4. The van der Waals surface area contributed by atoms with Gasteiger partial charge in [-0.25, -0.2) is 9.59 Å². The van der Waals surface area contributed by atoms with Crippen LogP contribution in [-0.2, 0) is 23.8 Å². The van der Waals surface area contributed by atoms with Crippen molar-refractivity contribution in [2.45, 2.75) is 88.4 Å². The maximum absolute atomic E-state index is 14.5. The lowest BCUT2D eigenvalue weighted by atomic mass is 9.44. The molecule has 1 heterocycles. The molecule has 3 aliphatic carbocycles. The second-order valence-electron chi connectivity index (χ2n) is 14.6. The molecular formula is C37H43NO12. The van der Waals surface area contributed by atoms with E-state index in [0.29, 0.717) is 5.56 Å². The first-order chi connectivity index (χ1) is 23.5. The summed E-state index contributed by atoms with van der Waals surface area (Å²) in [4.78, 5) is 54.1. The Morgan fingerprint density at radius 2 is 1.56 bits per heavy atom. The number of carbonyl (C=O) groups excluding carboxylic acids is 4. The number of benzene rings is 2.